The molecule has 2 atom stereocenters. The van der Waals surface area contributed by atoms with Crippen molar-refractivity contribution in [2.45, 2.75) is 43.0 Å². The fourth-order valence-electron chi connectivity index (χ4n) is 2.47. The van der Waals surface area contributed by atoms with Crippen LogP contribution in [0, 0.1) is 15.9 Å². The minimum atomic E-state index is -0.874. The monoisotopic (exact) mass is 358 g/mol. The van der Waals surface area contributed by atoms with E-state index in [0.29, 0.717) is 0 Å². The summed E-state index contributed by atoms with van der Waals surface area (Å²) in [5, 5.41) is 13.4. The number of alkyl halides is 1. The van der Waals surface area contributed by atoms with Gasteiger partial charge in [-0.25, -0.2) is 4.39 Å². The van der Waals surface area contributed by atoms with E-state index in [1.54, 1.807) is 0 Å². The summed E-state index contributed by atoms with van der Waals surface area (Å²) in [6, 6.07) is 3.02. The van der Waals surface area contributed by atoms with E-state index in [9.17, 15) is 19.3 Å². The number of benzene rings is 1. The first kappa shape index (κ1) is 15.9. The highest BCUT2D eigenvalue weighted by Crippen LogP contribution is 2.24. The molecule has 5 nitrogen and oxygen atoms in total. The number of rotatable bonds is 3. The molecule has 1 aliphatic carbocycles. The third-order valence-corrected chi connectivity index (χ3v) is 4.75. The minimum absolute atomic E-state index is 0.0467. The van der Waals surface area contributed by atoms with E-state index < -0.39 is 16.6 Å². The Morgan fingerprint density at radius 2 is 2.05 bits per heavy atom. The van der Waals surface area contributed by atoms with Gasteiger partial charge in [-0.15, -0.1) is 0 Å². The van der Waals surface area contributed by atoms with Crippen molar-refractivity contribution in [1.29, 1.82) is 0 Å². The maximum Gasteiger partial charge on any atom is 0.272 e. The first-order chi connectivity index (χ1) is 9.99. The lowest BCUT2D eigenvalue weighted by molar-refractivity contribution is -0.385. The molecule has 21 heavy (non-hydrogen) atoms. The van der Waals surface area contributed by atoms with Crippen LogP contribution in [0.25, 0.3) is 0 Å². The molecule has 1 N–H and O–H groups in total. The van der Waals surface area contributed by atoms with Crippen LogP contribution in [0.3, 0.4) is 0 Å². The van der Waals surface area contributed by atoms with Crippen LogP contribution in [0.1, 0.15) is 42.5 Å². The normalized spacial score (nSPS) is 22.4. The van der Waals surface area contributed by atoms with Crippen LogP contribution in [0.15, 0.2) is 18.2 Å². The van der Waals surface area contributed by atoms with Crippen molar-refractivity contribution in [2.75, 3.05) is 0 Å². The van der Waals surface area contributed by atoms with E-state index >= 15 is 0 Å². The summed E-state index contributed by atoms with van der Waals surface area (Å²) in [5.41, 5.74) is -0.526. The number of nitro groups is 1. The van der Waals surface area contributed by atoms with Gasteiger partial charge in [0.25, 0.3) is 11.6 Å². The Bertz CT molecular complexity index is 553. The van der Waals surface area contributed by atoms with Gasteiger partial charge >= 0.3 is 0 Å². The Labute approximate surface area is 130 Å². The van der Waals surface area contributed by atoms with Gasteiger partial charge in [0.2, 0.25) is 0 Å². The highest BCUT2D eigenvalue weighted by atomic mass is 79.9. The van der Waals surface area contributed by atoms with Crippen LogP contribution in [0.4, 0.5) is 10.1 Å². The molecular formula is C14H16BrFN2O3. The lowest BCUT2D eigenvalue weighted by Crippen LogP contribution is -2.40. The van der Waals surface area contributed by atoms with Crippen molar-refractivity contribution in [3.05, 3.63) is 39.7 Å². The van der Waals surface area contributed by atoms with Crippen molar-refractivity contribution >= 4 is 27.5 Å². The Morgan fingerprint density at radius 3 is 2.71 bits per heavy atom. The van der Waals surface area contributed by atoms with Gasteiger partial charge in [0.05, 0.1) is 16.6 Å². The molecule has 7 heteroatoms. The van der Waals surface area contributed by atoms with E-state index in [1.165, 1.54) is 0 Å². The predicted octanol–water partition coefficient (Wildman–Crippen LogP) is 3.56. The van der Waals surface area contributed by atoms with Crippen LogP contribution in [0.5, 0.6) is 0 Å². The Balaban J connectivity index is 2.11. The summed E-state index contributed by atoms with van der Waals surface area (Å²) >= 11 is 3.56. The van der Waals surface area contributed by atoms with Gasteiger partial charge < -0.3 is 5.32 Å². The predicted molar refractivity (Wildman–Crippen MR) is 80.1 cm³/mol. The summed E-state index contributed by atoms with van der Waals surface area (Å²) in [4.78, 5) is 22.2. The topological polar surface area (TPSA) is 72.2 Å². The van der Waals surface area contributed by atoms with Crippen LogP contribution in [-0.4, -0.2) is 21.7 Å². The van der Waals surface area contributed by atoms with Crippen molar-refractivity contribution in [2.24, 2.45) is 0 Å². The number of non-ortho nitro benzene ring substituents is 1. The van der Waals surface area contributed by atoms with Crippen LogP contribution < -0.4 is 5.32 Å². The van der Waals surface area contributed by atoms with Crippen LogP contribution >= 0.6 is 15.9 Å². The molecule has 1 aromatic rings. The minimum Gasteiger partial charge on any atom is -0.348 e. The zero-order valence-electron chi connectivity index (χ0n) is 11.4. The smallest absolute Gasteiger partial charge is 0.272 e. The number of nitrogens with one attached hydrogen (secondary N) is 1. The largest absolute Gasteiger partial charge is 0.348 e. The Kier molecular flexibility index (Phi) is 5.27. The second kappa shape index (κ2) is 6.98. The third kappa shape index (κ3) is 4.00. The molecule has 2 rings (SSSR count). The van der Waals surface area contributed by atoms with Gasteiger partial charge in [-0.1, -0.05) is 35.2 Å². The Hall–Kier alpha value is -1.50. The molecule has 114 valence electrons. The third-order valence-electron chi connectivity index (χ3n) is 3.66. The van der Waals surface area contributed by atoms with Gasteiger partial charge in [-0.2, -0.15) is 0 Å². The SMILES string of the molecule is O=C(NC1CCCCCC1Br)c1ccc([N+](=O)[O-])cc1F. The molecule has 1 saturated carbocycles. The van der Waals surface area contributed by atoms with Crippen LogP contribution in [0.2, 0.25) is 0 Å². The summed E-state index contributed by atoms with van der Waals surface area (Å²) < 4.78 is 13.8. The maximum atomic E-state index is 13.8. The standard InChI is InChI=1S/C14H16BrFN2O3/c15-11-4-2-1-3-5-13(11)17-14(19)10-7-6-9(18(20)21)8-12(10)16/h6-8,11,13H,1-5H2,(H,17,19). The molecule has 0 aliphatic heterocycles. The molecule has 0 aromatic heterocycles. The van der Waals surface area contributed by atoms with Crippen molar-refractivity contribution in [3.8, 4) is 0 Å². The lowest BCUT2D eigenvalue weighted by Gasteiger charge is -2.21. The van der Waals surface area contributed by atoms with Gasteiger partial charge in [0.15, 0.2) is 0 Å². The second-order valence-electron chi connectivity index (χ2n) is 5.16. The van der Waals surface area contributed by atoms with Crippen molar-refractivity contribution in [3.63, 3.8) is 0 Å². The summed E-state index contributed by atoms with van der Waals surface area (Å²) in [5.74, 6) is -1.40. The summed E-state index contributed by atoms with van der Waals surface area (Å²) in [6.07, 6.45) is 5.06. The number of hydrogen-bond acceptors (Lipinski definition) is 3. The molecule has 0 saturated heterocycles. The van der Waals surface area contributed by atoms with Gasteiger partial charge in [0, 0.05) is 16.9 Å². The number of carbonyl (C=O) groups excluding carboxylic acids is 1. The van der Waals surface area contributed by atoms with E-state index in [2.05, 4.69) is 21.2 Å². The lowest BCUT2D eigenvalue weighted by atomic mass is 10.1. The fourth-order valence-corrected chi connectivity index (χ4v) is 3.19. The van der Waals surface area contributed by atoms with Gasteiger partial charge in [-0.3, -0.25) is 14.9 Å². The van der Waals surface area contributed by atoms with Gasteiger partial charge in [0.1, 0.15) is 5.82 Å². The summed E-state index contributed by atoms with van der Waals surface area (Å²) in [7, 11) is 0. The number of nitro benzene ring substituents is 1. The number of carbonyl (C=O) groups is 1. The molecule has 0 spiro atoms. The van der Waals surface area contributed by atoms with E-state index in [4.69, 9.17) is 0 Å². The molecular weight excluding hydrogens is 343 g/mol. The van der Waals surface area contributed by atoms with Crippen molar-refractivity contribution in [1.82, 2.24) is 5.32 Å². The van der Waals surface area contributed by atoms with E-state index in [-0.39, 0.29) is 22.1 Å². The molecule has 0 radical (unpaired) electrons. The van der Waals surface area contributed by atoms with Crippen molar-refractivity contribution < 1.29 is 14.1 Å². The zero-order valence-corrected chi connectivity index (χ0v) is 12.9. The molecule has 1 fully saturated rings. The second-order valence-corrected chi connectivity index (χ2v) is 6.33. The first-order valence-electron chi connectivity index (χ1n) is 6.88. The Morgan fingerprint density at radius 1 is 1.33 bits per heavy atom. The first-order valence-corrected chi connectivity index (χ1v) is 7.79. The number of hydrogen-bond donors (Lipinski definition) is 1. The zero-order chi connectivity index (χ0) is 15.4. The molecule has 1 amide bonds. The molecule has 1 aliphatic rings. The maximum absolute atomic E-state index is 13.8. The molecule has 1 aromatic carbocycles. The average molecular weight is 359 g/mol. The quantitative estimate of drug-likeness (QED) is 0.388. The van der Waals surface area contributed by atoms with Gasteiger partial charge in [-0.05, 0) is 18.9 Å². The van der Waals surface area contributed by atoms with Crippen LogP contribution in [-0.2, 0) is 0 Å². The number of nitrogens with zero attached hydrogens (tertiary/aromatic N) is 1. The fraction of sp³-hybridized carbons (Fsp3) is 0.500. The average Bonchev–Trinajstić information content (AvgIpc) is 2.63. The highest BCUT2D eigenvalue weighted by molar-refractivity contribution is 9.09. The molecule has 0 bridgehead atoms. The highest BCUT2D eigenvalue weighted by Gasteiger charge is 2.25. The molecule has 0 heterocycles. The molecule has 2 unspecified atom stereocenters. The number of amides is 1. The van der Waals surface area contributed by atoms with E-state index in [0.717, 1.165) is 50.3 Å². The van der Waals surface area contributed by atoms with E-state index in [1.807, 2.05) is 0 Å². The summed E-state index contributed by atoms with van der Waals surface area (Å²) in [6.45, 7) is 0. The number of halogens is 2.